The molecule has 53 heavy (non-hydrogen) atoms. The Balaban J connectivity index is 0.000000820. The number of phenolic OH excluding ortho intramolecular Hbond substituents is 1. The summed E-state index contributed by atoms with van der Waals surface area (Å²) in [5.41, 5.74) is 11.7. The lowest BCUT2D eigenvalue weighted by Crippen LogP contribution is -2.33. The van der Waals surface area contributed by atoms with Crippen molar-refractivity contribution < 1.29 is 19.0 Å². The first kappa shape index (κ1) is 39.1. The molecule has 282 valence electrons. The number of allylic oxidation sites excluding steroid dienone is 3. The largest absolute Gasteiger partial charge is 0.508 e. The van der Waals surface area contributed by atoms with Gasteiger partial charge in [0, 0.05) is 44.4 Å². The molecule has 11 nitrogen and oxygen atoms in total. The third kappa shape index (κ3) is 8.76. The monoisotopic (exact) mass is 724 g/mol. The number of carbonyl (C=O) groups is 1. The number of carbonyl (C=O) groups excluding carboxylic acids is 1. The fourth-order valence-corrected chi connectivity index (χ4v) is 6.92. The molecule has 2 aliphatic heterocycles. The first-order chi connectivity index (χ1) is 25.4. The number of aromatic nitrogens is 2. The SMILES string of the molecule is C/C=C1\C(=NC(C)C)C(c2cc(O)cc3ccc(F)c(CC)c23)=Cc2nc(OC)nc(N3CCCN=C(/C=C(\N)C(=O)N(C)C)C3)c21.C[C@H]1CCNC1. The molecule has 0 radical (unpaired) electrons. The normalized spacial score (nSPS) is 19.1. The smallest absolute Gasteiger partial charge is 0.318 e. The maximum absolute atomic E-state index is 15.2. The predicted molar refractivity (Wildman–Crippen MR) is 214 cm³/mol. The highest BCUT2D eigenvalue weighted by Gasteiger charge is 2.32. The van der Waals surface area contributed by atoms with Crippen LogP contribution >= 0.6 is 0 Å². The molecule has 1 atom stereocenters. The molecule has 0 saturated carbocycles. The van der Waals surface area contributed by atoms with Gasteiger partial charge in [-0.25, -0.2) is 4.39 Å². The molecule has 1 aromatic heterocycles. The summed E-state index contributed by atoms with van der Waals surface area (Å²) in [5.74, 6) is 1.04. The minimum absolute atomic E-state index is 0.0659. The number of anilines is 1. The van der Waals surface area contributed by atoms with Crippen LogP contribution < -0.4 is 20.7 Å². The van der Waals surface area contributed by atoms with Crippen LogP contribution in [0.2, 0.25) is 0 Å². The lowest BCUT2D eigenvalue weighted by Gasteiger charge is -2.30. The van der Waals surface area contributed by atoms with Crippen molar-refractivity contribution in [2.75, 3.05) is 58.8 Å². The van der Waals surface area contributed by atoms with Crippen molar-refractivity contribution in [2.45, 2.75) is 59.9 Å². The fraction of sp³-hybridized carbons (Fsp3) is 0.439. The zero-order valence-corrected chi connectivity index (χ0v) is 32.3. The van der Waals surface area contributed by atoms with Crippen LogP contribution in [0.4, 0.5) is 10.2 Å². The van der Waals surface area contributed by atoms with Gasteiger partial charge in [0.2, 0.25) is 0 Å². The van der Waals surface area contributed by atoms with Crippen molar-refractivity contribution in [2.24, 2.45) is 21.6 Å². The first-order valence-corrected chi connectivity index (χ1v) is 18.4. The van der Waals surface area contributed by atoms with Gasteiger partial charge in [-0.05, 0) is 111 Å². The van der Waals surface area contributed by atoms with Gasteiger partial charge in [0.25, 0.3) is 5.91 Å². The number of nitrogens with one attached hydrogen (secondary N) is 1. The molecule has 1 fully saturated rings. The minimum Gasteiger partial charge on any atom is -0.508 e. The zero-order chi connectivity index (χ0) is 38.4. The van der Waals surface area contributed by atoms with E-state index >= 15 is 4.39 Å². The van der Waals surface area contributed by atoms with E-state index in [-0.39, 0.29) is 35.2 Å². The van der Waals surface area contributed by atoms with E-state index in [0.29, 0.717) is 65.7 Å². The van der Waals surface area contributed by atoms with Crippen molar-refractivity contribution in [3.05, 3.63) is 70.3 Å². The van der Waals surface area contributed by atoms with Gasteiger partial charge in [0.1, 0.15) is 17.4 Å². The molecule has 0 spiro atoms. The molecular formula is C41H53FN8O3. The predicted octanol–water partition coefficient (Wildman–Crippen LogP) is 6.05. The Morgan fingerprint density at radius 3 is 2.64 bits per heavy atom. The van der Waals surface area contributed by atoms with Crippen molar-refractivity contribution in [1.82, 2.24) is 20.2 Å². The molecule has 1 saturated heterocycles. The van der Waals surface area contributed by atoms with E-state index in [0.717, 1.165) is 34.2 Å². The zero-order valence-electron chi connectivity index (χ0n) is 32.3. The summed E-state index contributed by atoms with van der Waals surface area (Å²) >= 11 is 0. The maximum atomic E-state index is 15.2. The number of likely N-dealkylation sites (N-methyl/N-ethyl adjacent to an activating group) is 1. The molecule has 6 rings (SSSR count). The Hall–Kier alpha value is -5.10. The standard InChI is InChI=1S/C36H42FN7O3.C5H11N/c1-8-24-28(37)12-11-21-15-23(45)17-26(31(21)24)27-18-30-32(25(9-2)33(27)40-20(3)4)34(42-36(41-30)47-7)44-14-10-13-39-22(19-44)16-29(38)35(46)43(5)6;1-5-2-3-6-4-5/h9,11-12,15-18,20,45H,8,10,13-14,19,38H2,1-7H3;5-6H,2-4H2,1H3/b25-9-,29-16-,40-33?;/t;5-/m.0/s1. The number of nitrogens with two attached hydrogens (primary N) is 1. The van der Waals surface area contributed by atoms with Gasteiger partial charge in [0.05, 0.1) is 42.0 Å². The summed E-state index contributed by atoms with van der Waals surface area (Å²) in [4.78, 5) is 35.5. The van der Waals surface area contributed by atoms with Crippen LogP contribution in [0.5, 0.6) is 11.8 Å². The number of hydrogen-bond acceptors (Lipinski definition) is 10. The number of aliphatic imine (C=N–C) groups is 2. The van der Waals surface area contributed by atoms with Crippen molar-refractivity contribution in [1.29, 1.82) is 0 Å². The van der Waals surface area contributed by atoms with E-state index < -0.39 is 0 Å². The van der Waals surface area contributed by atoms with E-state index in [4.69, 9.17) is 30.4 Å². The average Bonchev–Trinajstić information content (AvgIpc) is 3.50. The van der Waals surface area contributed by atoms with Crippen LogP contribution in [0.3, 0.4) is 0 Å². The third-order valence-electron chi connectivity index (χ3n) is 9.45. The number of phenols is 1. The molecule has 3 aliphatic rings. The second-order valence-electron chi connectivity index (χ2n) is 14.1. The van der Waals surface area contributed by atoms with Gasteiger partial charge in [-0.2, -0.15) is 9.97 Å². The van der Waals surface area contributed by atoms with E-state index in [1.54, 1.807) is 38.4 Å². The summed E-state index contributed by atoms with van der Waals surface area (Å²) in [7, 11) is 4.82. The molecule has 0 unspecified atom stereocenters. The van der Waals surface area contributed by atoms with Crippen LogP contribution in [-0.4, -0.2) is 97.3 Å². The molecule has 4 N–H and O–H groups in total. The Morgan fingerprint density at radius 2 is 2.04 bits per heavy atom. The van der Waals surface area contributed by atoms with Crippen LogP contribution in [0, 0.1) is 11.7 Å². The van der Waals surface area contributed by atoms with E-state index in [2.05, 4.69) is 17.1 Å². The summed E-state index contributed by atoms with van der Waals surface area (Å²) in [6.45, 7) is 14.2. The number of nitrogens with zero attached hydrogens (tertiary/aromatic N) is 6. The van der Waals surface area contributed by atoms with Crippen LogP contribution in [-0.2, 0) is 11.2 Å². The Bertz CT molecular complexity index is 2010. The number of rotatable bonds is 7. The van der Waals surface area contributed by atoms with E-state index in [9.17, 15) is 9.90 Å². The van der Waals surface area contributed by atoms with Gasteiger partial charge in [-0.3, -0.25) is 14.8 Å². The second-order valence-corrected chi connectivity index (χ2v) is 14.1. The summed E-state index contributed by atoms with van der Waals surface area (Å²) in [5, 5.41) is 15.6. The Kier molecular flexibility index (Phi) is 12.7. The molecular weight excluding hydrogens is 672 g/mol. The maximum Gasteiger partial charge on any atom is 0.318 e. The number of amides is 1. The Labute approximate surface area is 312 Å². The summed E-state index contributed by atoms with van der Waals surface area (Å²) in [6, 6.07) is 6.55. The quantitative estimate of drug-likeness (QED) is 0.250. The Morgan fingerprint density at radius 1 is 1.26 bits per heavy atom. The number of ether oxygens (including phenoxy) is 1. The number of hydrogen-bond donors (Lipinski definition) is 3. The first-order valence-electron chi connectivity index (χ1n) is 18.4. The van der Waals surface area contributed by atoms with Crippen LogP contribution in [0.1, 0.15) is 69.8 Å². The topological polar surface area (TPSA) is 142 Å². The van der Waals surface area contributed by atoms with Gasteiger partial charge in [-0.15, -0.1) is 0 Å². The van der Waals surface area contributed by atoms with Crippen molar-refractivity contribution in [3.8, 4) is 11.8 Å². The number of benzene rings is 2. The second kappa shape index (κ2) is 17.2. The van der Waals surface area contributed by atoms with Gasteiger partial charge >= 0.3 is 6.01 Å². The molecule has 3 heterocycles. The van der Waals surface area contributed by atoms with E-state index in [1.807, 2.05) is 39.8 Å². The highest BCUT2D eigenvalue weighted by Crippen LogP contribution is 2.44. The number of methoxy groups -OCH3 is 1. The molecule has 3 aromatic rings. The number of fused-ring (bicyclic) bond motifs is 2. The summed E-state index contributed by atoms with van der Waals surface area (Å²) < 4.78 is 20.8. The number of aromatic hydroxyl groups is 1. The molecule has 0 bridgehead atoms. The number of halogens is 1. The van der Waals surface area contributed by atoms with Gasteiger partial charge < -0.3 is 30.7 Å². The van der Waals surface area contributed by atoms with Crippen molar-refractivity contribution >= 4 is 51.1 Å². The van der Waals surface area contributed by atoms with Gasteiger partial charge in [-0.1, -0.05) is 26.0 Å². The highest BCUT2D eigenvalue weighted by atomic mass is 19.1. The minimum atomic E-state index is -0.302. The van der Waals surface area contributed by atoms with Crippen LogP contribution in [0.25, 0.3) is 28.0 Å². The lowest BCUT2D eigenvalue weighted by atomic mass is 9.82. The third-order valence-corrected chi connectivity index (χ3v) is 9.45. The van der Waals surface area contributed by atoms with E-state index in [1.165, 1.54) is 37.6 Å². The lowest BCUT2D eigenvalue weighted by molar-refractivity contribution is -0.124. The average molecular weight is 725 g/mol. The van der Waals surface area contributed by atoms with Gasteiger partial charge in [0.15, 0.2) is 0 Å². The fourth-order valence-electron chi connectivity index (χ4n) is 6.92. The molecule has 1 amide bonds. The molecule has 2 aromatic carbocycles. The van der Waals surface area contributed by atoms with Crippen LogP contribution in [0.15, 0.2) is 52.1 Å². The molecule has 12 heteroatoms. The highest BCUT2D eigenvalue weighted by molar-refractivity contribution is 6.50. The molecule has 1 aliphatic carbocycles. The summed E-state index contributed by atoms with van der Waals surface area (Å²) in [6.07, 6.45) is 8.13. The number of aryl methyl sites for hydroxylation is 1. The van der Waals surface area contributed by atoms with Crippen molar-refractivity contribution in [3.63, 3.8) is 0 Å².